The molecule has 138 valence electrons. The number of carbonyl (C=O) groups excluding carboxylic acids is 3. The van der Waals surface area contributed by atoms with Gasteiger partial charge in [0.2, 0.25) is 11.8 Å². The van der Waals surface area contributed by atoms with Gasteiger partial charge in [0.1, 0.15) is 5.25 Å². The van der Waals surface area contributed by atoms with Crippen LogP contribution in [-0.2, 0) is 14.3 Å². The zero-order chi connectivity index (χ0) is 19.3. The van der Waals surface area contributed by atoms with Gasteiger partial charge in [-0.15, -0.1) is 5.10 Å². The zero-order valence-corrected chi connectivity index (χ0v) is 15.9. The smallest absolute Gasteiger partial charge is 0.340 e. The molecular weight excluding hydrogens is 380 g/mol. The lowest BCUT2D eigenvalue weighted by Gasteiger charge is -2.11. The zero-order valence-electron chi connectivity index (χ0n) is 14.3. The van der Waals surface area contributed by atoms with Crippen molar-refractivity contribution in [2.45, 2.75) is 25.5 Å². The van der Waals surface area contributed by atoms with Crippen molar-refractivity contribution < 1.29 is 19.1 Å². The van der Waals surface area contributed by atoms with E-state index in [2.05, 4.69) is 25.6 Å². The highest BCUT2D eigenvalue weighted by Gasteiger charge is 2.32. The molecule has 2 amide bonds. The highest BCUT2D eigenvalue weighted by Crippen LogP contribution is 2.25. The van der Waals surface area contributed by atoms with Crippen LogP contribution < -0.4 is 10.6 Å². The number of benzene rings is 1. The fraction of sp³-hybridized carbons (Fsp3) is 0.312. The molecule has 2 rings (SSSR count). The first-order valence-electron chi connectivity index (χ1n) is 7.54. The van der Waals surface area contributed by atoms with Crippen LogP contribution in [0.5, 0.6) is 0 Å². The van der Waals surface area contributed by atoms with Gasteiger partial charge in [-0.1, -0.05) is 23.4 Å². The highest BCUT2D eigenvalue weighted by atomic mass is 35.5. The first-order chi connectivity index (χ1) is 12.3. The molecule has 1 unspecified atom stereocenters. The van der Waals surface area contributed by atoms with Crippen LogP contribution in [0.3, 0.4) is 0 Å². The SMILES string of the molecule is COC(=O)c1cc(Cl)ccc1NC(=O)CC1SC(=NN=C(C)C)NC1=O. The van der Waals surface area contributed by atoms with Crippen molar-refractivity contribution in [2.24, 2.45) is 10.2 Å². The maximum Gasteiger partial charge on any atom is 0.340 e. The molecule has 2 N–H and O–H groups in total. The summed E-state index contributed by atoms with van der Waals surface area (Å²) in [6, 6.07) is 4.44. The van der Waals surface area contributed by atoms with E-state index in [0.717, 1.165) is 17.5 Å². The monoisotopic (exact) mass is 396 g/mol. The lowest BCUT2D eigenvalue weighted by molar-refractivity contribution is -0.122. The number of nitrogens with zero attached hydrogens (tertiary/aromatic N) is 2. The maximum atomic E-state index is 12.3. The average Bonchev–Trinajstić information content (AvgIpc) is 2.93. The van der Waals surface area contributed by atoms with Crippen LogP contribution in [0.4, 0.5) is 5.69 Å². The molecule has 1 fully saturated rings. The number of anilines is 1. The van der Waals surface area contributed by atoms with Gasteiger partial charge in [-0.05, 0) is 32.0 Å². The Balaban J connectivity index is 2.06. The number of halogens is 1. The summed E-state index contributed by atoms with van der Waals surface area (Å²) >= 11 is 7.00. The average molecular weight is 397 g/mol. The molecule has 1 heterocycles. The van der Waals surface area contributed by atoms with Crippen LogP contribution in [0.2, 0.25) is 5.02 Å². The van der Waals surface area contributed by atoms with Crippen molar-refractivity contribution in [3.8, 4) is 0 Å². The van der Waals surface area contributed by atoms with Crippen LogP contribution in [0.25, 0.3) is 0 Å². The molecule has 0 radical (unpaired) electrons. The molecule has 1 atom stereocenters. The summed E-state index contributed by atoms with van der Waals surface area (Å²) < 4.78 is 4.68. The van der Waals surface area contributed by atoms with E-state index < -0.39 is 17.1 Å². The van der Waals surface area contributed by atoms with E-state index in [-0.39, 0.29) is 23.6 Å². The standard InChI is InChI=1S/C16H17ClN4O4S/c1-8(2)20-21-16-19-14(23)12(26-16)7-13(22)18-11-5-4-9(17)6-10(11)15(24)25-3/h4-6,12H,7H2,1-3H3,(H,18,22)(H,19,21,23). The molecule has 0 bridgehead atoms. The van der Waals surface area contributed by atoms with Gasteiger partial charge in [-0.3, -0.25) is 9.59 Å². The normalized spacial score (nSPS) is 17.6. The predicted octanol–water partition coefficient (Wildman–Crippen LogP) is 2.44. The first-order valence-corrected chi connectivity index (χ1v) is 8.80. The fourth-order valence-corrected chi connectivity index (χ4v) is 3.10. The van der Waals surface area contributed by atoms with Crippen LogP contribution >= 0.6 is 23.4 Å². The minimum atomic E-state index is -0.630. The number of ether oxygens (including phenoxy) is 1. The number of rotatable bonds is 5. The van der Waals surface area contributed by atoms with E-state index in [4.69, 9.17) is 11.6 Å². The molecular formula is C16H17ClN4O4S. The van der Waals surface area contributed by atoms with E-state index in [1.807, 2.05) is 0 Å². The van der Waals surface area contributed by atoms with E-state index >= 15 is 0 Å². The van der Waals surface area contributed by atoms with E-state index in [9.17, 15) is 14.4 Å². The molecule has 0 saturated carbocycles. The third-order valence-corrected chi connectivity index (χ3v) is 4.46. The number of hydrogen-bond donors (Lipinski definition) is 2. The van der Waals surface area contributed by atoms with Crippen molar-refractivity contribution in [1.82, 2.24) is 5.32 Å². The van der Waals surface area contributed by atoms with E-state index in [1.165, 1.54) is 25.3 Å². The van der Waals surface area contributed by atoms with E-state index in [0.29, 0.717) is 10.2 Å². The predicted molar refractivity (Wildman–Crippen MR) is 102 cm³/mol. The minimum Gasteiger partial charge on any atom is -0.465 e. The number of hydrogen-bond acceptors (Lipinski definition) is 7. The third-order valence-electron chi connectivity index (χ3n) is 3.15. The van der Waals surface area contributed by atoms with Crippen LogP contribution in [0.1, 0.15) is 30.6 Å². The molecule has 0 aromatic heterocycles. The summed E-state index contributed by atoms with van der Waals surface area (Å²) in [5.74, 6) is -1.38. The van der Waals surface area contributed by atoms with Gasteiger partial charge in [-0.25, -0.2) is 4.79 Å². The fourth-order valence-electron chi connectivity index (χ4n) is 2.01. The van der Waals surface area contributed by atoms with Gasteiger partial charge in [0.15, 0.2) is 5.17 Å². The number of nitrogens with one attached hydrogen (secondary N) is 2. The molecule has 1 aliphatic heterocycles. The van der Waals surface area contributed by atoms with Gasteiger partial charge in [0, 0.05) is 17.2 Å². The molecule has 1 saturated heterocycles. The number of carbonyl (C=O) groups is 3. The van der Waals surface area contributed by atoms with Crippen molar-refractivity contribution in [3.05, 3.63) is 28.8 Å². The lowest BCUT2D eigenvalue weighted by atomic mass is 10.1. The quantitative estimate of drug-likeness (QED) is 0.451. The Kier molecular flexibility index (Phi) is 6.76. The molecule has 1 aliphatic rings. The Morgan fingerprint density at radius 3 is 2.77 bits per heavy atom. The Labute approximate surface area is 159 Å². The number of amidine groups is 1. The molecule has 10 heteroatoms. The largest absolute Gasteiger partial charge is 0.465 e. The summed E-state index contributed by atoms with van der Waals surface area (Å²) in [4.78, 5) is 36.0. The molecule has 0 spiro atoms. The van der Waals surface area contributed by atoms with Gasteiger partial charge in [0.25, 0.3) is 0 Å². The summed E-state index contributed by atoms with van der Waals surface area (Å²) in [6.45, 7) is 3.56. The number of amides is 2. The molecule has 1 aromatic rings. The van der Waals surface area contributed by atoms with Crippen molar-refractivity contribution in [1.29, 1.82) is 0 Å². The van der Waals surface area contributed by atoms with E-state index in [1.54, 1.807) is 13.8 Å². The number of esters is 1. The molecule has 0 aliphatic carbocycles. The Morgan fingerprint density at radius 2 is 2.12 bits per heavy atom. The highest BCUT2D eigenvalue weighted by molar-refractivity contribution is 8.15. The number of thioether (sulfide) groups is 1. The second-order valence-corrected chi connectivity index (χ2v) is 7.11. The summed E-state index contributed by atoms with van der Waals surface area (Å²) in [5, 5.41) is 13.0. The molecule has 8 nitrogen and oxygen atoms in total. The van der Waals surface area contributed by atoms with Crippen LogP contribution in [-0.4, -0.2) is 41.0 Å². The van der Waals surface area contributed by atoms with Gasteiger partial charge in [0.05, 0.1) is 18.4 Å². The van der Waals surface area contributed by atoms with Crippen LogP contribution in [0.15, 0.2) is 28.4 Å². The third kappa shape index (κ3) is 5.30. The molecule has 1 aromatic carbocycles. The van der Waals surface area contributed by atoms with Crippen molar-refractivity contribution >= 4 is 57.7 Å². The van der Waals surface area contributed by atoms with Crippen molar-refractivity contribution in [2.75, 3.05) is 12.4 Å². The minimum absolute atomic E-state index is 0.0897. The van der Waals surface area contributed by atoms with Gasteiger partial charge in [-0.2, -0.15) is 5.10 Å². The lowest BCUT2D eigenvalue weighted by Crippen LogP contribution is -2.28. The van der Waals surface area contributed by atoms with Gasteiger partial charge < -0.3 is 15.4 Å². The second-order valence-electron chi connectivity index (χ2n) is 5.48. The first kappa shape index (κ1) is 19.9. The maximum absolute atomic E-state index is 12.3. The van der Waals surface area contributed by atoms with Gasteiger partial charge >= 0.3 is 5.97 Å². The summed E-state index contributed by atoms with van der Waals surface area (Å²) in [6.07, 6.45) is -0.0897. The summed E-state index contributed by atoms with van der Waals surface area (Å²) in [7, 11) is 1.23. The topological polar surface area (TPSA) is 109 Å². The summed E-state index contributed by atoms with van der Waals surface area (Å²) in [5.41, 5.74) is 1.13. The Bertz CT molecular complexity index is 805. The second kappa shape index (κ2) is 8.81. The Morgan fingerprint density at radius 1 is 1.38 bits per heavy atom. The van der Waals surface area contributed by atoms with Crippen molar-refractivity contribution in [3.63, 3.8) is 0 Å². The Hall–Kier alpha value is -2.39. The molecule has 26 heavy (non-hydrogen) atoms. The van der Waals surface area contributed by atoms with Crippen LogP contribution in [0, 0.1) is 0 Å². The number of methoxy groups -OCH3 is 1.